The number of aliphatic hydroxyl groups excluding tert-OH is 1. The van der Waals surface area contributed by atoms with Crippen molar-refractivity contribution in [3.05, 3.63) is 78.2 Å². The molecule has 2 heterocycles. The van der Waals surface area contributed by atoms with Gasteiger partial charge in [0.1, 0.15) is 0 Å². The molecule has 0 unspecified atom stereocenters. The van der Waals surface area contributed by atoms with Crippen LogP contribution in [0.3, 0.4) is 0 Å². The number of anilines is 2. The Kier molecular flexibility index (Phi) is 4.48. The molecule has 8 heteroatoms. The first-order chi connectivity index (χ1) is 13.5. The summed E-state index contributed by atoms with van der Waals surface area (Å²) in [6.07, 6.45) is 0.505. The van der Waals surface area contributed by atoms with Crippen LogP contribution in [0.5, 0.6) is 0 Å². The highest BCUT2D eigenvalue weighted by Crippen LogP contribution is 2.32. The molecular weight excluding hydrogens is 369 g/mol. The predicted octanol–water partition coefficient (Wildman–Crippen LogP) is 4.65. The third kappa shape index (κ3) is 3.41. The van der Waals surface area contributed by atoms with Gasteiger partial charge in [-0.15, -0.1) is 0 Å². The standard InChI is InChI=1S/C20H15F3N4O/c21-20(22,23)15-5-2-6-16(10-15)26-18-19-25-11-17(27(19)8-7-24-18)14-4-1-3-13(9-14)12-28/h1-11,28H,12H2,(H,24,26). The molecule has 0 spiro atoms. The molecule has 2 aromatic heterocycles. The number of benzene rings is 2. The minimum atomic E-state index is -4.42. The summed E-state index contributed by atoms with van der Waals surface area (Å²) < 4.78 is 40.6. The summed E-state index contributed by atoms with van der Waals surface area (Å²) in [5, 5.41) is 12.3. The van der Waals surface area contributed by atoms with Crippen LogP contribution in [0, 0.1) is 0 Å². The monoisotopic (exact) mass is 384 g/mol. The van der Waals surface area contributed by atoms with Gasteiger partial charge in [-0.05, 0) is 29.8 Å². The molecule has 0 radical (unpaired) electrons. The van der Waals surface area contributed by atoms with E-state index in [1.54, 1.807) is 23.0 Å². The van der Waals surface area contributed by atoms with Crippen molar-refractivity contribution in [1.82, 2.24) is 14.4 Å². The molecule has 4 rings (SSSR count). The Balaban J connectivity index is 1.73. The van der Waals surface area contributed by atoms with Gasteiger partial charge in [0.05, 0.1) is 24.1 Å². The van der Waals surface area contributed by atoms with Crippen LogP contribution in [0.1, 0.15) is 11.1 Å². The average molecular weight is 384 g/mol. The van der Waals surface area contributed by atoms with Gasteiger partial charge in [-0.2, -0.15) is 13.2 Å². The molecule has 0 saturated carbocycles. The molecule has 0 aliphatic rings. The van der Waals surface area contributed by atoms with Gasteiger partial charge in [-0.3, -0.25) is 4.40 Å². The third-order valence-corrected chi connectivity index (χ3v) is 4.29. The highest BCUT2D eigenvalue weighted by atomic mass is 19.4. The van der Waals surface area contributed by atoms with Gasteiger partial charge in [0.2, 0.25) is 0 Å². The van der Waals surface area contributed by atoms with Gasteiger partial charge < -0.3 is 10.4 Å². The topological polar surface area (TPSA) is 62.5 Å². The fraction of sp³-hybridized carbons (Fsp3) is 0.100. The smallest absolute Gasteiger partial charge is 0.392 e. The number of hydrogen-bond donors (Lipinski definition) is 2. The maximum Gasteiger partial charge on any atom is 0.416 e. The SMILES string of the molecule is OCc1cccc(-c2cnc3c(Nc4cccc(C(F)(F)F)c4)nccn23)c1. The zero-order valence-corrected chi connectivity index (χ0v) is 14.5. The van der Waals surface area contributed by atoms with Gasteiger partial charge in [-0.1, -0.05) is 24.3 Å². The second-order valence-corrected chi connectivity index (χ2v) is 6.17. The van der Waals surface area contributed by atoms with E-state index < -0.39 is 11.7 Å². The van der Waals surface area contributed by atoms with Crippen LogP contribution in [-0.2, 0) is 12.8 Å². The summed E-state index contributed by atoms with van der Waals surface area (Å²) in [6, 6.07) is 12.3. The van der Waals surface area contributed by atoms with Crippen LogP contribution in [0.2, 0.25) is 0 Å². The lowest BCUT2D eigenvalue weighted by atomic mass is 10.1. The number of aliphatic hydroxyl groups is 1. The van der Waals surface area contributed by atoms with Crippen LogP contribution >= 0.6 is 0 Å². The summed E-state index contributed by atoms with van der Waals surface area (Å²) in [5.74, 6) is 0.339. The van der Waals surface area contributed by atoms with E-state index >= 15 is 0 Å². The van der Waals surface area contributed by atoms with E-state index in [-0.39, 0.29) is 12.3 Å². The zero-order chi connectivity index (χ0) is 19.7. The fourth-order valence-electron chi connectivity index (χ4n) is 2.96. The first-order valence-electron chi connectivity index (χ1n) is 8.42. The summed E-state index contributed by atoms with van der Waals surface area (Å²) >= 11 is 0. The van der Waals surface area contributed by atoms with Crippen LogP contribution in [0.25, 0.3) is 16.9 Å². The molecule has 0 aliphatic heterocycles. The first-order valence-corrected chi connectivity index (χ1v) is 8.42. The number of imidazole rings is 1. The third-order valence-electron chi connectivity index (χ3n) is 4.29. The van der Waals surface area contributed by atoms with Crippen molar-refractivity contribution in [2.45, 2.75) is 12.8 Å². The molecule has 28 heavy (non-hydrogen) atoms. The van der Waals surface area contributed by atoms with Gasteiger partial charge >= 0.3 is 6.18 Å². The lowest BCUT2D eigenvalue weighted by molar-refractivity contribution is -0.137. The van der Waals surface area contributed by atoms with Crippen molar-refractivity contribution < 1.29 is 18.3 Å². The van der Waals surface area contributed by atoms with Crippen molar-refractivity contribution in [3.8, 4) is 11.3 Å². The Morgan fingerprint density at radius 1 is 1.04 bits per heavy atom. The Bertz CT molecular complexity index is 1140. The van der Waals surface area contributed by atoms with Crippen LogP contribution in [0.4, 0.5) is 24.7 Å². The van der Waals surface area contributed by atoms with Crippen molar-refractivity contribution in [2.24, 2.45) is 0 Å². The number of nitrogens with zero attached hydrogens (tertiary/aromatic N) is 3. The molecule has 5 nitrogen and oxygen atoms in total. The van der Waals surface area contributed by atoms with Crippen molar-refractivity contribution in [1.29, 1.82) is 0 Å². The molecule has 2 N–H and O–H groups in total. The Labute approximate surface area is 158 Å². The number of hydrogen-bond acceptors (Lipinski definition) is 4. The Hall–Kier alpha value is -3.39. The van der Waals surface area contributed by atoms with Crippen molar-refractivity contribution in [2.75, 3.05) is 5.32 Å². The van der Waals surface area contributed by atoms with Crippen LogP contribution in [0.15, 0.2) is 67.1 Å². The first kappa shape index (κ1) is 18.0. The van der Waals surface area contributed by atoms with Crippen LogP contribution < -0.4 is 5.32 Å². The zero-order valence-electron chi connectivity index (χ0n) is 14.5. The van der Waals surface area contributed by atoms with E-state index in [2.05, 4.69) is 15.3 Å². The summed E-state index contributed by atoms with van der Waals surface area (Å²) in [7, 11) is 0. The minimum Gasteiger partial charge on any atom is -0.392 e. The number of alkyl halides is 3. The summed E-state index contributed by atoms with van der Waals surface area (Å²) in [5.41, 5.74) is 2.40. The van der Waals surface area contributed by atoms with Crippen molar-refractivity contribution >= 4 is 17.2 Å². The normalized spacial score (nSPS) is 11.7. The maximum atomic E-state index is 12.9. The number of fused-ring (bicyclic) bond motifs is 1. The van der Waals surface area contributed by atoms with Crippen LogP contribution in [-0.4, -0.2) is 19.5 Å². The molecule has 0 aliphatic carbocycles. The van der Waals surface area contributed by atoms with Crippen molar-refractivity contribution in [3.63, 3.8) is 0 Å². The number of rotatable bonds is 4. The van der Waals surface area contributed by atoms with E-state index in [9.17, 15) is 18.3 Å². The number of nitrogens with one attached hydrogen (secondary N) is 1. The van der Waals surface area contributed by atoms with E-state index in [0.717, 1.165) is 29.0 Å². The highest BCUT2D eigenvalue weighted by molar-refractivity contribution is 5.74. The Morgan fingerprint density at radius 3 is 2.64 bits per heavy atom. The molecule has 0 atom stereocenters. The van der Waals surface area contributed by atoms with Gasteiger partial charge in [0.15, 0.2) is 11.5 Å². The van der Waals surface area contributed by atoms with E-state index in [1.807, 2.05) is 24.3 Å². The quantitative estimate of drug-likeness (QED) is 0.538. The molecule has 0 saturated heterocycles. The lowest BCUT2D eigenvalue weighted by Gasteiger charge is -2.11. The molecule has 0 bridgehead atoms. The molecule has 142 valence electrons. The predicted molar refractivity (Wildman–Crippen MR) is 99.1 cm³/mol. The van der Waals surface area contributed by atoms with E-state index in [1.165, 1.54) is 12.1 Å². The minimum absolute atomic E-state index is 0.0749. The highest BCUT2D eigenvalue weighted by Gasteiger charge is 2.30. The van der Waals surface area contributed by atoms with E-state index in [0.29, 0.717) is 11.5 Å². The van der Waals surface area contributed by atoms with Gasteiger partial charge in [0.25, 0.3) is 0 Å². The second-order valence-electron chi connectivity index (χ2n) is 6.17. The fourth-order valence-corrected chi connectivity index (χ4v) is 2.96. The maximum absolute atomic E-state index is 12.9. The molecule has 0 amide bonds. The number of aromatic nitrogens is 3. The molecule has 0 fully saturated rings. The van der Waals surface area contributed by atoms with Gasteiger partial charge in [0, 0.05) is 23.6 Å². The average Bonchev–Trinajstić information content (AvgIpc) is 3.13. The summed E-state index contributed by atoms with van der Waals surface area (Å²) in [6.45, 7) is -0.0749. The molecule has 2 aromatic carbocycles. The second kappa shape index (κ2) is 6.97. The van der Waals surface area contributed by atoms with Gasteiger partial charge in [-0.25, -0.2) is 9.97 Å². The molecular formula is C20H15F3N4O. The van der Waals surface area contributed by atoms with E-state index in [4.69, 9.17) is 0 Å². The molecule has 4 aromatic rings. The Morgan fingerprint density at radius 2 is 1.86 bits per heavy atom. The summed E-state index contributed by atoms with van der Waals surface area (Å²) in [4.78, 5) is 8.59. The number of halogens is 3. The lowest BCUT2D eigenvalue weighted by Crippen LogP contribution is -2.05. The largest absolute Gasteiger partial charge is 0.416 e.